The van der Waals surface area contributed by atoms with Gasteiger partial charge in [0.15, 0.2) is 0 Å². The average Bonchev–Trinajstić information content (AvgIpc) is 3.35. The van der Waals surface area contributed by atoms with E-state index in [4.69, 9.17) is 4.74 Å². The van der Waals surface area contributed by atoms with E-state index < -0.39 is 0 Å². The fourth-order valence-electron chi connectivity index (χ4n) is 2.91. The standard InChI is InChI=1S/C20H24FN3O/c1-25-20-14-18(17-8-6-12-22-17)24-19(20)13-16-10-9-15(23-16)7-4-2-3-5-11-21/h6,8-10,12-14,22-23H,2-5,7,11H2,1H3/b19-13+. The molecule has 2 N–H and O–H groups in total. The van der Waals surface area contributed by atoms with Crippen LogP contribution in [0.4, 0.5) is 4.39 Å². The SMILES string of the molecule is COC1=CC(c2ccc[nH]2)=N/C1=C/c1ccc(CCCCCCF)[nH]1. The van der Waals surface area contributed by atoms with Crippen molar-refractivity contribution in [2.75, 3.05) is 13.8 Å². The largest absolute Gasteiger partial charge is 0.494 e. The maximum Gasteiger partial charge on any atom is 0.146 e. The number of hydrogen-bond acceptors (Lipinski definition) is 2. The van der Waals surface area contributed by atoms with Crippen LogP contribution in [0, 0.1) is 0 Å². The lowest BCUT2D eigenvalue weighted by Crippen LogP contribution is -1.93. The first kappa shape index (κ1) is 17.3. The van der Waals surface area contributed by atoms with Crippen LogP contribution in [0.2, 0.25) is 0 Å². The van der Waals surface area contributed by atoms with Crippen LogP contribution in [0.3, 0.4) is 0 Å². The number of methoxy groups -OCH3 is 1. The van der Waals surface area contributed by atoms with E-state index in [0.29, 0.717) is 6.42 Å². The highest BCUT2D eigenvalue weighted by Gasteiger charge is 2.17. The molecule has 0 aromatic carbocycles. The van der Waals surface area contributed by atoms with Crippen LogP contribution in [0.1, 0.15) is 42.8 Å². The van der Waals surface area contributed by atoms with Crippen LogP contribution in [-0.2, 0) is 11.2 Å². The summed E-state index contributed by atoms with van der Waals surface area (Å²) >= 11 is 0. The Balaban J connectivity index is 1.65. The predicted octanol–water partition coefficient (Wildman–Crippen LogP) is 4.79. The fraction of sp³-hybridized carbons (Fsp3) is 0.350. The van der Waals surface area contributed by atoms with E-state index in [1.807, 2.05) is 30.5 Å². The maximum atomic E-state index is 12.1. The zero-order valence-corrected chi connectivity index (χ0v) is 14.5. The van der Waals surface area contributed by atoms with E-state index >= 15 is 0 Å². The topological polar surface area (TPSA) is 53.2 Å². The highest BCUT2D eigenvalue weighted by atomic mass is 19.1. The van der Waals surface area contributed by atoms with E-state index in [1.54, 1.807) is 7.11 Å². The number of aryl methyl sites for hydroxylation is 1. The van der Waals surface area contributed by atoms with Gasteiger partial charge in [-0.2, -0.15) is 0 Å². The number of unbranched alkanes of at least 4 members (excludes halogenated alkanes) is 3. The van der Waals surface area contributed by atoms with Gasteiger partial charge in [-0.15, -0.1) is 0 Å². The number of alkyl halides is 1. The molecule has 25 heavy (non-hydrogen) atoms. The van der Waals surface area contributed by atoms with E-state index in [-0.39, 0.29) is 6.67 Å². The number of aromatic amines is 2. The van der Waals surface area contributed by atoms with Crippen molar-refractivity contribution in [2.45, 2.75) is 32.1 Å². The zero-order valence-electron chi connectivity index (χ0n) is 14.5. The van der Waals surface area contributed by atoms with Crippen molar-refractivity contribution in [3.63, 3.8) is 0 Å². The molecule has 0 spiro atoms. The first-order chi connectivity index (χ1) is 12.3. The monoisotopic (exact) mass is 341 g/mol. The van der Waals surface area contributed by atoms with Crippen molar-refractivity contribution < 1.29 is 9.13 Å². The number of aliphatic imine (C=N–C) groups is 1. The number of nitrogens with one attached hydrogen (secondary N) is 2. The molecule has 3 rings (SSSR count). The van der Waals surface area contributed by atoms with Crippen LogP contribution < -0.4 is 0 Å². The molecule has 3 heterocycles. The van der Waals surface area contributed by atoms with Crippen molar-refractivity contribution >= 4 is 11.8 Å². The van der Waals surface area contributed by atoms with Crippen LogP contribution in [-0.4, -0.2) is 29.5 Å². The van der Waals surface area contributed by atoms with E-state index in [0.717, 1.165) is 54.2 Å². The Morgan fingerprint density at radius 3 is 2.80 bits per heavy atom. The van der Waals surface area contributed by atoms with Gasteiger partial charge in [0.25, 0.3) is 0 Å². The molecule has 5 heteroatoms. The smallest absolute Gasteiger partial charge is 0.146 e. The minimum absolute atomic E-state index is 0.208. The predicted molar refractivity (Wildman–Crippen MR) is 99.3 cm³/mol. The molecule has 2 aromatic heterocycles. The molecular weight excluding hydrogens is 317 g/mol. The Morgan fingerprint density at radius 2 is 2.04 bits per heavy atom. The molecule has 0 unspecified atom stereocenters. The van der Waals surface area contributed by atoms with Gasteiger partial charge in [0.1, 0.15) is 11.5 Å². The lowest BCUT2D eigenvalue weighted by molar-refractivity contribution is 0.303. The highest BCUT2D eigenvalue weighted by Crippen LogP contribution is 2.24. The fourth-order valence-corrected chi connectivity index (χ4v) is 2.91. The second-order valence-electron chi connectivity index (χ2n) is 6.12. The van der Waals surface area contributed by atoms with Crippen molar-refractivity contribution in [2.24, 2.45) is 4.99 Å². The number of H-pyrrole nitrogens is 2. The van der Waals surface area contributed by atoms with Crippen molar-refractivity contribution in [3.8, 4) is 0 Å². The second kappa shape index (κ2) is 8.51. The molecular formula is C20H24FN3O. The molecule has 0 atom stereocenters. The second-order valence-corrected chi connectivity index (χ2v) is 6.12. The molecule has 0 saturated heterocycles. The third kappa shape index (κ3) is 4.50. The number of hydrogen-bond donors (Lipinski definition) is 2. The number of allylic oxidation sites excluding steroid dienone is 1. The Hall–Kier alpha value is -2.56. The summed E-state index contributed by atoms with van der Waals surface area (Å²) in [5.74, 6) is 0.756. The van der Waals surface area contributed by atoms with Gasteiger partial charge >= 0.3 is 0 Å². The lowest BCUT2D eigenvalue weighted by atomic mass is 10.1. The quantitative estimate of drug-likeness (QED) is 0.633. The lowest BCUT2D eigenvalue weighted by Gasteiger charge is -2.01. The molecule has 0 amide bonds. The van der Waals surface area contributed by atoms with E-state index in [9.17, 15) is 4.39 Å². The van der Waals surface area contributed by atoms with Crippen LogP contribution in [0.15, 0.2) is 53.0 Å². The summed E-state index contributed by atoms with van der Waals surface area (Å²) < 4.78 is 17.5. The van der Waals surface area contributed by atoms with E-state index in [1.165, 1.54) is 5.69 Å². The minimum atomic E-state index is -0.208. The molecule has 0 fully saturated rings. The molecule has 4 nitrogen and oxygen atoms in total. The highest BCUT2D eigenvalue weighted by molar-refractivity contribution is 6.11. The van der Waals surface area contributed by atoms with Gasteiger partial charge in [-0.1, -0.05) is 12.8 Å². The van der Waals surface area contributed by atoms with Gasteiger partial charge in [0, 0.05) is 23.7 Å². The number of ether oxygens (including phenoxy) is 1. The molecule has 1 aliphatic rings. The van der Waals surface area contributed by atoms with Crippen molar-refractivity contribution in [1.29, 1.82) is 0 Å². The number of nitrogens with zero attached hydrogens (tertiary/aromatic N) is 1. The Labute approximate surface area is 147 Å². The Kier molecular flexibility index (Phi) is 5.88. The number of aromatic nitrogens is 2. The van der Waals surface area contributed by atoms with Gasteiger partial charge in [-0.3, -0.25) is 4.39 Å². The number of rotatable bonds is 9. The summed E-state index contributed by atoms with van der Waals surface area (Å²) in [4.78, 5) is 11.2. The van der Waals surface area contributed by atoms with E-state index in [2.05, 4.69) is 27.1 Å². The first-order valence-electron chi connectivity index (χ1n) is 8.74. The molecule has 0 radical (unpaired) electrons. The van der Waals surface area contributed by atoms with Crippen LogP contribution in [0.25, 0.3) is 6.08 Å². The summed E-state index contributed by atoms with van der Waals surface area (Å²) in [5, 5.41) is 0. The Morgan fingerprint density at radius 1 is 1.16 bits per heavy atom. The summed E-state index contributed by atoms with van der Waals surface area (Å²) in [5.41, 5.74) is 4.85. The molecule has 0 aliphatic carbocycles. The van der Waals surface area contributed by atoms with Gasteiger partial charge in [-0.05, 0) is 49.6 Å². The maximum absolute atomic E-state index is 12.1. The molecule has 132 valence electrons. The summed E-state index contributed by atoms with van der Waals surface area (Å²) in [7, 11) is 1.66. The van der Waals surface area contributed by atoms with Gasteiger partial charge in [0.05, 0.1) is 25.2 Å². The van der Waals surface area contributed by atoms with Gasteiger partial charge < -0.3 is 14.7 Å². The van der Waals surface area contributed by atoms with Crippen molar-refractivity contribution in [3.05, 3.63) is 65.1 Å². The summed E-state index contributed by atoms with van der Waals surface area (Å²) in [6.45, 7) is -0.208. The first-order valence-corrected chi connectivity index (χ1v) is 8.74. The van der Waals surface area contributed by atoms with Gasteiger partial charge in [0.2, 0.25) is 0 Å². The zero-order chi connectivity index (χ0) is 17.5. The number of halogens is 1. The third-order valence-corrected chi connectivity index (χ3v) is 4.25. The molecule has 0 saturated carbocycles. The molecule has 0 bridgehead atoms. The normalized spacial score (nSPS) is 15.5. The third-order valence-electron chi connectivity index (χ3n) is 4.25. The molecule has 2 aromatic rings. The Bertz CT molecular complexity index is 769. The van der Waals surface area contributed by atoms with Gasteiger partial charge in [-0.25, -0.2) is 4.99 Å². The van der Waals surface area contributed by atoms with Crippen LogP contribution in [0.5, 0.6) is 0 Å². The minimum Gasteiger partial charge on any atom is -0.494 e. The molecule has 1 aliphatic heterocycles. The van der Waals surface area contributed by atoms with Crippen molar-refractivity contribution in [1.82, 2.24) is 9.97 Å². The summed E-state index contributed by atoms with van der Waals surface area (Å²) in [6, 6.07) is 8.09. The average molecular weight is 341 g/mol. The summed E-state index contributed by atoms with van der Waals surface area (Å²) in [6.07, 6.45) is 10.6. The van der Waals surface area contributed by atoms with Crippen LogP contribution >= 0.6 is 0 Å².